The molecule has 0 saturated carbocycles. The fourth-order valence-corrected chi connectivity index (χ4v) is 4.69. The standard InChI is InChI=1S/C23H21ClFNO4/c1-29-19-7-6-12(10-20(19)30-2)13-8-17-23(18(27)9-13)14(11-21(28)26-17)22-15(24)4-3-5-16(22)25/h3-7,10,13-14H,8-9,11H2,1-2H3,(H,26,28)/t13-,14+/m1/s1. The Balaban J connectivity index is 1.73. The molecule has 0 spiro atoms. The van der Waals surface area contributed by atoms with E-state index in [1.165, 1.54) is 12.1 Å². The van der Waals surface area contributed by atoms with Crippen molar-refractivity contribution in [2.24, 2.45) is 0 Å². The zero-order valence-corrected chi connectivity index (χ0v) is 17.4. The van der Waals surface area contributed by atoms with Crippen LogP contribution in [0.4, 0.5) is 4.39 Å². The molecule has 2 atom stereocenters. The highest BCUT2D eigenvalue weighted by atomic mass is 35.5. The van der Waals surface area contributed by atoms with Crippen LogP contribution < -0.4 is 14.8 Å². The Hall–Kier alpha value is -2.86. The maximum absolute atomic E-state index is 14.6. The SMILES string of the molecule is COc1ccc([C@H]2CC(=O)C3=C(C2)NC(=O)C[C@H]3c2c(F)cccc2Cl)cc1OC. The highest BCUT2D eigenvalue weighted by Crippen LogP contribution is 2.45. The minimum absolute atomic E-state index is 0.00769. The van der Waals surface area contributed by atoms with E-state index in [1.54, 1.807) is 26.4 Å². The van der Waals surface area contributed by atoms with E-state index in [1.807, 2.05) is 12.1 Å². The molecule has 1 amide bonds. The molecule has 2 aromatic rings. The van der Waals surface area contributed by atoms with E-state index in [0.717, 1.165) is 5.56 Å². The van der Waals surface area contributed by atoms with Gasteiger partial charge in [-0.1, -0.05) is 23.7 Å². The van der Waals surface area contributed by atoms with Crippen LogP contribution >= 0.6 is 11.6 Å². The summed E-state index contributed by atoms with van der Waals surface area (Å²) in [5.74, 6) is -0.509. The number of methoxy groups -OCH3 is 2. The molecule has 0 unspecified atom stereocenters. The number of carbonyl (C=O) groups excluding carboxylic acids is 2. The van der Waals surface area contributed by atoms with Gasteiger partial charge in [-0.15, -0.1) is 0 Å². The highest BCUT2D eigenvalue weighted by Gasteiger charge is 2.40. The quantitative estimate of drug-likeness (QED) is 0.777. The topological polar surface area (TPSA) is 64.6 Å². The van der Waals surface area contributed by atoms with Gasteiger partial charge in [-0.2, -0.15) is 0 Å². The molecule has 7 heteroatoms. The summed E-state index contributed by atoms with van der Waals surface area (Å²) in [4.78, 5) is 25.6. The summed E-state index contributed by atoms with van der Waals surface area (Å²) < 4.78 is 25.2. The minimum atomic E-state index is -0.679. The van der Waals surface area contributed by atoms with E-state index in [4.69, 9.17) is 21.1 Å². The predicted octanol–water partition coefficient (Wildman–Crippen LogP) is 4.50. The molecule has 0 fully saturated rings. The molecule has 0 aromatic heterocycles. The van der Waals surface area contributed by atoms with Crippen LogP contribution in [0.15, 0.2) is 47.7 Å². The van der Waals surface area contributed by atoms with E-state index >= 15 is 0 Å². The van der Waals surface area contributed by atoms with E-state index in [9.17, 15) is 14.0 Å². The number of nitrogens with one attached hydrogen (secondary N) is 1. The highest BCUT2D eigenvalue weighted by molar-refractivity contribution is 6.31. The summed E-state index contributed by atoms with van der Waals surface area (Å²) in [6.07, 6.45) is 0.712. The fourth-order valence-electron chi connectivity index (χ4n) is 4.39. The average molecular weight is 430 g/mol. The fraction of sp³-hybridized carbons (Fsp3) is 0.304. The monoisotopic (exact) mass is 429 g/mol. The number of hydrogen-bond acceptors (Lipinski definition) is 4. The van der Waals surface area contributed by atoms with Crippen molar-refractivity contribution in [1.29, 1.82) is 0 Å². The third-order valence-electron chi connectivity index (χ3n) is 5.76. The van der Waals surface area contributed by atoms with Gasteiger partial charge in [0.25, 0.3) is 0 Å². The first-order valence-corrected chi connectivity index (χ1v) is 10.0. The largest absolute Gasteiger partial charge is 0.493 e. The molecular formula is C23H21ClFNO4. The predicted molar refractivity (Wildman–Crippen MR) is 110 cm³/mol. The van der Waals surface area contributed by atoms with Gasteiger partial charge in [0.05, 0.1) is 14.2 Å². The molecule has 4 rings (SSSR count). The van der Waals surface area contributed by atoms with Gasteiger partial charge in [0, 0.05) is 40.6 Å². The Kier molecular flexibility index (Phi) is 5.52. The lowest BCUT2D eigenvalue weighted by molar-refractivity contribution is -0.122. The Labute approximate surface area is 178 Å². The molecule has 5 nitrogen and oxygen atoms in total. The van der Waals surface area contributed by atoms with Crippen molar-refractivity contribution in [2.45, 2.75) is 31.1 Å². The number of ether oxygens (including phenoxy) is 2. The van der Waals surface area contributed by atoms with Gasteiger partial charge in [-0.3, -0.25) is 9.59 Å². The molecule has 0 saturated heterocycles. The third-order valence-corrected chi connectivity index (χ3v) is 6.09. The molecular weight excluding hydrogens is 409 g/mol. The molecule has 156 valence electrons. The summed E-state index contributed by atoms with van der Waals surface area (Å²) >= 11 is 6.24. The molecule has 1 aliphatic carbocycles. The van der Waals surface area contributed by atoms with Crippen molar-refractivity contribution in [3.05, 3.63) is 69.6 Å². The lowest BCUT2D eigenvalue weighted by Gasteiger charge is -2.35. The first kappa shape index (κ1) is 20.4. The second-order valence-corrected chi connectivity index (χ2v) is 7.88. The summed E-state index contributed by atoms with van der Waals surface area (Å²) in [6.45, 7) is 0. The van der Waals surface area contributed by atoms with Crippen molar-refractivity contribution >= 4 is 23.3 Å². The van der Waals surface area contributed by atoms with Gasteiger partial charge in [0.15, 0.2) is 17.3 Å². The zero-order chi connectivity index (χ0) is 21.4. The van der Waals surface area contributed by atoms with Crippen molar-refractivity contribution in [2.75, 3.05) is 14.2 Å². The smallest absolute Gasteiger partial charge is 0.225 e. The van der Waals surface area contributed by atoms with Crippen LogP contribution in [0.5, 0.6) is 11.5 Å². The van der Waals surface area contributed by atoms with Crippen LogP contribution in [0.2, 0.25) is 5.02 Å². The number of rotatable bonds is 4. The Bertz CT molecular complexity index is 1040. The van der Waals surface area contributed by atoms with E-state index in [0.29, 0.717) is 29.2 Å². The van der Waals surface area contributed by atoms with Crippen molar-refractivity contribution in [3.8, 4) is 11.5 Å². The number of halogens is 2. The van der Waals surface area contributed by atoms with Crippen LogP contribution in [0.3, 0.4) is 0 Å². The van der Waals surface area contributed by atoms with Gasteiger partial charge in [0.2, 0.25) is 5.91 Å². The molecule has 2 aromatic carbocycles. The summed E-state index contributed by atoms with van der Waals surface area (Å²) in [7, 11) is 3.11. The maximum Gasteiger partial charge on any atom is 0.225 e. The minimum Gasteiger partial charge on any atom is -0.493 e. The number of amides is 1. The van der Waals surface area contributed by atoms with E-state index in [2.05, 4.69) is 5.32 Å². The molecule has 1 N–H and O–H groups in total. The van der Waals surface area contributed by atoms with E-state index in [-0.39, 0.29) is 41.0 Å². The molecule has 0 bridgehead atoms. The van der Waals surface area contributed by atoms with Crippen LogP contribution in [-0.4, -0.2) is 25.9 Å². The van der Waals surface area contributed by atoms with E-state index < -0.39 is 11.7 Å². The molecule has 30 heavy (non-hydrogen) atoms. The van der Waals surface area contributed by atoms with Gasteiger partial charge in [-0.25, -0.2) is 4.39 Å². The van der Waals surface area contributed by atoms with Crippen LogP contribution in [0.25, 0.3) is 0 Å². The Morgan fingerprint density at radius 3 is 2.50 bits per heavy atom. The summed E-state index contributed by atoms with van der Waals surface area (Å²) in [5, 5.41) is 3.06. The second-order valence-electron chi connectivity index (χ2n) is 7.48. The van der Waals surface area contributed by atoms with Gasteiger partial charge >= 0.3 is 0 Å². The molecule has 1 aliphatic heterocycles. The van der Waals surface area contributed by atoms with Crippen LogP contribution in [0, 0.1) is 5.82 Å². The van der Waals surface area contributed by atoms with Gasteiger partial charge < -0.3 is 14.8 Å². The first-order valence-electron chi connectivity index (χ1n) is 9.64. The normalized spacial score (nSPS) is 21.2. The number of Topliss-reactive ketones (excluding diaryl/α,β-unsaturated/α-hetero) is 1. The summed E-state index contributed by atoms with van der Waals surface area (Å²) in [6, 6.07) is 9.91. The lowest BCUT2D eigenvalue weighted by atomic mass is 9.73. The van der Waals surface area contributed by atoms with Crippen molar-refractivity contribution in [3.63, 3.8) is 0 Å². The number of allylic oxidation sites excluding steroid dienone is 2. The molecule has 0 radical (unpaired) electrons. The maximum atomic E-state index is 14.6. The number of ketones is 1. The van der Waals surface area contributed by atoms with Crippen molar-refractivity contribution in [1.82, 2.24) is 5.32 Å². The number of hydrogen-bond donors (Lipinski definition) is 1. The first-order chi connectivity index (χ1) is 14.4. The van der Waals surface area contributed by atoms with Gasteiger partial charge in [0.1, 0.15) is 5.82 Å². The van der Waals surface area contributed by atoms with Gasteiger partial charge in [-0.05, 0) is 42.2 Å². The molecule has 2 aliphatic rings. The third kappa shape index (κ3) is 3.56. The van der Waals surface area contributed by atoms with Crippen LogP contribution in [-0.2, 0) is 9.59 Å². The van der Waals surface area contributed by atoms with Crippen molar-refractivity contribution < 1.29 is 23.5 Å². The number of benzene rings is 2. The lowest BCUT2D eigenvalue weighted by Crippen LogP contribution is -2.38. The summed E-state index contributed by atoms with van der Waals surface area (Å²) in [5.41, 5.74) is 2.12. The zero-order valence-electron chi connectivity index (χ0n) is 16.6. The molecule has 1 heterocycles. The number of carbonyl (C=O) groups is 2. The van der Waals surface area contributed by atoms with Crippen LogP contribution in [0.1, 0.15) is 42.2 Å². The Morgan fingerprint density at radius 1 is 1.03 bits per heavy atom. The average Bonchev–Trinajstić information content (AvgIpc) is 2.72. The Morgan fingerprint density at radius 2 is 1.80 bits per heavy atom. The second kappa shape index (κ2) is 8.11.